The minimum Gasteiger partial charge on any atom is -0.266 e. The number of aromatic nitrogens is 2. The molecule has 7 heteroatoms. The topological polar surface area (TPSA) is 64.0 Å². The van der Waals surface area contributed by atoms with Gasteiger partial charge in [-0.3, -0.25) is 9.40 Å². The Balaban J connectivity index is 1.78. The van der Waals surface area contributed by atoms with Gasteiger partial charge in [0.1, 0.15) is 0 Å². The van der Waals surface area contributed by atoms with E-state index in [1.807, 2.05) is 37.3 Å². The van der Waals surface area contributed by atoms with Crippen LogP contribution in [0.4, 0.5) is 5.82 Å². The van der Waals surface area contributed by atoms with Crippen LogP contribution < -0.4 is 4.72 Å². The number of benzene rings is 2. The minimum absolute atomic E-state index is 0.273. The van der Waals surface area contributed by atoms with Crippen molar-refractivity contribution in [3.05, 3.63) is 75.9 Å². The summed E-state index contributed by atoms with van der Waals surface area (Å²) in [6.45, 7) is 4.21. The van der Waals surface area contributed by atoms with Gasteiger partial charge < -0.3 is 0 Å². The van der Waals surface area contributed by atoms with Gasteiger partial charge in [0.15, 0.2) is 5.82 Å². The lowest BCUT2D eigenvalue weighted by Gasteiger charge is -2.09. The Labute approximate surface area is 155 Å². The van der Waals surface area contributed by atoms with Crippen molar-refractivity contribution in [3.63, 3.8) is 0 Å². The Morgan fingerprint density at radius 1 is 1.08 bits per heavy atom. The van der Waals surface area contributed by atoms with Crippen LogP contribution in [0.5, 0.6) is 0 Å². The zero-order chi connectivity index (χ0) is 18.0. The fraction of sp³-hybridized carbons (Fsp3) is 0.167. The molecule has 0 atom stereocenters. The van der Waals surface area contributed by atoms with E-state index in [4.69, 9.17) is 0 Å². The molecule has 25 heavy (non-hydrogen) atoms. The van der Waals surface area contributed by atoms with Crippen molar-refractivity contribution < 1.29 is 8.42 Å². The molecule has 0 bridgehead atoms. The van der Waals surface area contributed by atoms with Crippen LogP contribution in [0.15, 0.2) is 64.1 Å². The molecule has 3 aromatic rings. The van der Waals surface area contributed by atoms with E-state index in [1.54, 1.807) is 36.0 Å². The molecule has 2 aromatic carbocycles. The van der Waals surface area contributed by atoms with E-state index < -0.39 is 10.0 Å². The second-order valence-electron chi connectivity index (χ2n) is 5.90. The normalized spacial score (nSPS) is 11.5. The lowest BCUT2D eigenvalue weighted by molar-refractivity contribution is 0.600. The molecule has 0 saturated heterocycles. The first-order valence-corrected chi connectivity index (χ1v) is 9.99. The van der Waals surface area contributed by atoms with Gasteiger partial charge in [-0.1, -0.05) is 40.2 Å². The van der Waals surface area contributed by atoms with Crippen LogP contribution in [0.2, 0.25) is 0 Å². The summed E-state index contributed by atoms with van der Waals surface area (Å²) < 4.78 is 30.5. The molecule has 0 aliphatic heterocycles. The number of sulfonamides is 1. The maximum absolute atomic E-state index is 12.6. The van der Waals surface area contributed by atoms with Gasteiger partial charge in [-0.05, 0) is 48.7 Å². The third-order valence-electron chi connectivity index (χ3n) is 3.77. The number of nitrogens with one attached hydrogen (secondary N) is 1. The van der Waals surface area contributed by atoms with Gasteiger partial charge >= 0.3 is 0 Å². The van der Waals surface area contributed by atoms with Crippen LogP contribution in [-0.2, 0) is 16.6 Å². The highest BCUT2D eigenvalue weighted by molar-refractivity contribution is 9.10. The summed E-state index contributed by atoms with van der Waals surface area (Å²) in [7, 11) is -3.66. The van der Waals surface area contributed by atoms with Crippen LogP contribution in [0, 0.1) is 13.8 Å². The zero-order valence-electron chi connectivity index (χ0n) is 13.9. The van der Waals surface area contributed by atoms with Crippen molar-refractivity contribution in [2.24, 2.45) is 0 Å². The van der Waals surface area contributed by atoms with Gasteiger partial charge in [-0.25, -0.2) is 8.42 Å². The number of rotatable bonds is 5. The molecule has 130 valence electrons. The number of hydrogen-bond acceptors (Lipinski definition) is 3. The molecule has 0 aliphatic rings. The maximum atomic E-state index is 12.6. The molecule has 0 saturated carbocycles. The van der Waals surface area contributed by atoms with Crippen LogP contribution >= 0.6 is 15.9 Å². The summed E-state index contributed by atoms with van der Waals surface area (Å²) in [4.78, 5) is 0.273. The first kappa shape index (κ1) is 17.7. The molecular formula is C18H18BrN3O2S. The summed E-state index contributed by atoms with van der Waals surface area (Å²) in [6, 6.07) is 14.9. The summed E-state index contributed by atoms with van der Waals surface area (Å²) >= 11 is 3.40. The van der Waals surface area contributed by atoms with E-state index in [1.165, 1.54) is 0 Å². The van der Waals surface area contributed by atoms with E-state index in [0.717, 1.165) is 15.6 Å². The van der Waals surface area contributed by atoms with E-state index in [-0.39, 0.29) is 4.90 Å². The van der Waals surface area contributed by atoms with E-state index in [9.17, 15) is 8.42 Å². The van der Waals surface area contributed by atoms with Gasteiger partial charge in [0, 0.05) is 16.7 Å². The van der Waals surface area contributed by atoms with Gasteiger partial charge in [0.05, 0.1) is 11.4 Å². The molecule has 1 aromatic heterocycles. The SMILES string of the molecule is Cc1ccc(C)c(S(=O)(=O)Nc2ccn(Cc3ccc(Br)cc3)n2)c1. The third-order valence-corrected chi connectivity index (χ3v) is 5.80. The largest absolute Gasteiger partial charge is 0.266 e. The highest BCUT2D eigenvalue weighted by atomic mass is 79.9. The molecule has 0 aliphatic carbocycles. The second kappa shape index (κ2) is 7.01. The first-order valence-electron chi connectivity index (χ1n) is 7.71. The van der Waals surface area contributed by atoms with Gasteiger partial charge in [0.25, 0.3) is 10.0 Å². The van der Waals surface area contributed by atoms with Gasteiger partial charge in [-0.2, -0.15) is 5.10 Å². The quantitative estimate of drug-likeness (QED) is 0.676. The summed E-state index contributed by atoms with van der Waals surface area (Å²) in [6.07, 6.45) is 1.75. The van der Waals surface area contributed by atoms with Crippen molar-refractivity contribution in [1.29, 1.82) is 0 Å². The van der Waals surface area contributed by atoms with Crippen molar-refractivity contribution in [2.75, 3.05) is 4.72 Å². The van der Waals surface area contributed by atoms with E-state index in [2.05, 4.69) is 25.8 Å². The second-order valence-corrected chi connectivity index (χ2v) is 8.47. The Bertz CT molecular complexity index is 995. The minimum atomic E-state index is -3.66. The van der Waals surface area contributed by atoms with Crippen LogP contribution in [0.1, 0.15) is 16.7 Å². The molecule has 1 heterocycles. The lowest BCUT2D eigenvalue weighted by atomic mass is 10.2. The number of anilines is 1. The molecule has 0 spiro atoms. The molecule has 3 rings (SSSR count). The Hall–Kier alpha value is -2.12. The van der Waals surface area contributed by atoms with Crippen molar-refractivity contribution in [1.82, 2.24) is 9.78 Å². The fourth-order valence-electron chi connectivity index (χ4n) is 2.47. The smallest absolute Gasteiger partial charge is 0.263 e. The average molecular weight is 420 g/mol. The van der Waals surface area contributed by atoms with E-state index >= 15 is 0 Å². The molecule has 1 N–H and O–H groups in total. The van der Waals surface area contributed by atoms with Gasteiger partial charge in [0.2, 0.25) is 0 Å². The van der Waals surface area contributed by atoms with Crippen LogP contribution in [0.3, 0.4) is 0 Å². The van der Waals surface area contributed by atoms with Crippen molar-refractivity contribution in [2.45, 2.75) is 25.3 Å². The Morgan fingerprint density at radius 2 is 1.80 bits per heavy atom. The first-order chi connectivity index (χ1) is 11.8. The third kappa shape index (κ3) is 4.29. The van der Waals surface area contributed by atoms with Crippen LogP contribution in [0.25, 0.3) is 0 Å². The van der Waals surface area contributed by atoms with E-state index in [0.29, 0.717) is 17.9 Å². The predicted octanol–water partition coefficient (Wildman–Crippen LogP) is 4.11. The molecule has 0 radical (unpaired) electrons. The molecule has 0 unspecified atom stereocenters. The average Bonchev–Trinajstić information content (AvgIpc) is 2.98. The number of aryl methyl sites for hydroxylation is 2. The van der Waals surface area contributed by atoms with Crippen molar-refractivity contribution in [3.8, 4) is 0 Å². The standard InChI is InChI=1S/C18H18BrN3O2S/c1-13-3-4-14(2)17(11-13)25(23,24)21-18-9-10-22(20-18)12-15-5-7-16(19)8-6-15/h3-11H,12H2,1-2H3,(H,20,21). The number of halogens is 1. The monoisotopic (exact) mass is 419 g/mol. The highest BCUT2D eigenvalue weighted by Crippen LogP contribution is 2.20. The molecular weight excluding hydrogens is 402 g/mol. The molecule has 0 amide bonds. The maximum Gasteiger partial charge on any atom is 0.263 e. The number of nitrogens with zero attached hydrogens (tertiary/aromatic N) is 2. The lowest BCUT2D eigenvalue weighted by Crippen LogP contribution is -2.15. The molecule has 5 nitrogen and oxygen atoms in total. The predicted molar refractivity (Wildman–Crippen MR) is 102 cm³/mol. The Kier molecular flexibility index (Phi) is 4.96. The van der Waals surface area contributed by atoms with Gasteiger partial charge in [-0.15, -0.1) is 0 Å². The summed E-state index contributed by atoms with van der Waals surface area (Å²) in [5.74, 6) is 0.304. The van der Waals surface area contributed by atoms with Crippen LogP contribution in [-0.4, -0.2) is 18.2 Å². The highest BCUT2D eigenvalue weighted by Gasteiger charge is 2.18. The fourth-order valence-corrected chi connectivity index (χ4v) is 4.06. The zero-order valence-corrected chi connectivity index (χ0v) is 16.3. The summed E-state index contributed by atoms with van der Waals surface area (Å²) in [5, 5.41) is 4.31. The Morgan fingerprint density at radius 3 is 2.52 bits per heavy atom. The number of hydrogen-bond donors (Lipinski definition) is 1. The summed E-state index contributed by atoms with van der Waals surface area (Å²) in [5.41, 5.74) is 2.68. The van der Waals surface area contributed by atoms with Crippen molar-refractivity contribution >= 4 is 31.8 Å². The molecule has 0 fully saturated rings.